The van der Waals surface area contributed by atoms with Crippen LogP contribution in [0.4, 0.5) is 10.1 Å². The zero-order valence-electron chi connectivity index (χ0n) is 14.9. The molecule has 1 N–H and O–H groups in total. The van der Waals surface area contributed by atoms with Crippen LogP contribution < -0.4 is 10.2 Å². The Kier molecular flexibility index (Phi) is 6.39. The number of nitrogens with one attached hydrogen (secondary N) is 1. The van der Waals surface area contributed by atoms with Gasteiger partial charge in [0.05, 0.1) is 18.0 Å². The molecule has 0 atom stereocenters. The lowest BCUT2D eigenvalue weighted by atomic mass is 10.1. The Labute approximate surface area is 167 Å². The van der Waals surface area contributed by atoms with Crippen molar-refractivity contribution in [3.63, 3.8) is 0 Å². The Bertz CT molecular complexity index is 855. The van der Waals surface area contributed by atoms with Crippen LogP contribution in [0.5, 0.6) is 0 Å². The highest BCUT2D eigenvalue weighted by Crippen LogP contribution is 2.37. The molecule has 2 aromatic rings. The van der Waals surface area contributed by atoms with Crippen molar-refractivity contribution in [1.29, 1.82) is 0 Å². The first-order chi connectivity index (χ1) is 13.0. The molecule has 0 saturated heterocycles. The van der Waals surface area contributed by atoms with E-state index in [1.165, 1.54) is 28.8 Å². The molecule has 1 aliphatic heterocycles. The fraction of sp³-hybridized carbons (Fsp3) is 0.300. The minimum Gasteiger partial charge on any atom is -0.352 e. The second-order valence-electron chi connectivity index (χ2n) is 6.26. The highest BCUT2D eigenvalue weighted by molar-refractivity contribution is 8.00. The number of carbonyl (C=O) groups excluding carboxylic acids is 2. The second kappa shape index (κ2) is 8.76. The smallest absolute Gasteiger partial charge is 0.251 e. The number of unbranched alkanes of at least 4 members (excludes halogenated alkanes) is 1. The molecule has 7 heteroatoms. The third kappa shape index (κ3) is 4.45. The quantitative estimate of drug-likeness (QED) is 0.710. The van der Waals surface area contributed by atoms with Crippen LogP contribution in [0.3, 0.4) is 0 Å². The number of carbonyl (C=O) groups is 2. The summed E-state index contributed by atoms with van der Waals surface area (Å²) in [6, 6.07) is 9.72. The molecule has 0 radical (unpaired) electrons. The van der Waals surface area contributed by atoms with Gasteiger partial charge in [-0.15, -0.1) is 11.8 Å². The molecule has 0 saturated carbocycles. The number of benzene rings is 2. The van der Waals surface area contributed by atoms with E-state index >= 15 is 0 Å². The normalized spacial score (nSPS) is 13.4. The summed E-state index contributed by atoms with van der Waals surface area (Å²) in [7, 11) is 0. The second-order valence-corrected chi connectivity index (χ2v) is 7.69. The summed E-state index contributed by atoms with van der Waals surface area (Å²) in [4.78, 5) is 27.3. The fourth-order valence-corrected chi connectivity index (χ4v) is 3.98. The van der Waals surface area contributed by atoms with Crippen molar-refractivity contribution in [2.24, 2.45) is 0 Å². The number of anilines is 1. The molecule has 27 heavy (non-hydrogen) atoms. The molecule has 142 valence electrons. The molecular weight excluding hydrogens is 387 g/mol. The van der Waals surface area contributed by atoms with Crippen molar-refractivity contribution in [2.75, 3.05) is 17.2 Å². The minimum absolute atomic E-state index is 0.0266. The highest BCUT2D eigenvalue weighted by atomic mass is 35.5. The molecule has 0 spiro atoms. The Morgan fingerprint density at radius 1 is 1.33 bits per heavy atom. The molecule has 0 aromatic heterocycles. The van der Waals surface area contributed by atoms with E-state index in [9.17, 15) is 14.0 Å². The first-order valence-corrected chi connectivity index (χ1v) is 10.2. The van der Waals surface area contributed by atoms with Gasteiger partial charge in [-0.1, -0.05) is 31.0 Å². The predicted molar refractivity (Wildman–Crippen MR) is 107 cm³/mol. The van der Waals surface area contributed by atoms with E-state index in [0.29, 0.717) is 17.8 Å². The predicted octanol–water partition coefficient (Wildman–Crippen LogP) is 4.65. The zero-order valence-corrected chi connectivity index (χ0v) is 16.5. The third-order valence-corrected chi connectivity index (χ3v) is 5.76. The van der Waals surface area contributed by atoms with Gasteiger partial charge >= 0.3 is 0 Å². The van der Waals surface area contributed by atoms with E-state index in [4.69, 9.17) is 11.6 Å². The zero-order chi connectivity index (χ0) is 19.4. The van der Waals surface area contributed by atoms with Crippen LogP contribution in [0.1, 0.15) is 35.7 Å². The fourth-order valence-electron chi connectivity index (χ4n) is 2.84. The first kappa shape index (κ1) is 19.7. The average molecular weight is 407 g/mol. The monoisotopic (exact) mass is 406 g/mol. The topological polar surface area (TPSA) is 49.4 Å². The number of nitrogens with zero attached hydrogens (tertiary/aromatic N) is 1. The van der Waals surface area contributed by atoms with E-state index in [2.05, 4.69) is 12.2 Å². The molecule has 1 aliphatic rings. The van der Waals surface area contributed by atoms with Crippen LogP contribution in [0.15, 0.2) is 41.3 Å². The number of hydrogen-bond acceptors (Lipinski definition) is 3. The van der Waals surface area contributed by atoms with Gasteiger partial charge in [0.2, 0.25) is 5.91 Å². The van der Waals surface area contributed by atoms with E-state index in [-0.39, 0.29) is 34.7 Å². The summed E-state index contributed by atoms with van der Waals surface area (Å²) in [5, 5.41) is 3.14. The maximum atomic E-state index is 14.2. The Balaban J connectivity index is 1.90. The van der Waals surface area contributed by atoms with Crippen LogP contribution in [-0.2, 0) is 11.3 Å². The van der Waals surface area contributed by atoms with E-state index in [1.54, 1.807) is 18.2 Å². The summed E-state index contributed by atoms with van der Waals surface area (Å²) >= 11 is 7.54. The molecular formula is C20H20ClFN2O2S. The SMILES string of the molecule is CCCCNC(=O)c1ccc2c(c1)N(Cc1c(F)cccc1Cl)C(=O)CS2. The lowest BCUT2D eigenvalue weighted by molar-refractivity contribution is -0.116. The number of halogens is 2. The maximum Gasteiger partial charge on any atom is 0.251 e. The van der Waals surface area contributed by atoms with Gasteiger partial charge in [-0.3, -0.25) is 9.59 Å². The molecule has 1 heterocycles. The van der Waals surface area contributed by atoms with Gasteiger partial charge < -0.3 is 10.2 Å². The number of rotatable bonds is 6. The summed E-state index contributed by atoms with van der Waals surface area (Å²) in [5.41, 5.74) is 1.35. The van der Waals surface area contributed by atoms with Crippen LogP contribution >= 0.6 is 23.4 Å². The largest absolute Gasteiger partial charge is 0.352 e. The molecule has 0 unspecified atom stereocenters. The van der Waals surface area contributed by atoms with Gasteiger partial charge in [-0.05, 0) is 36.8 Å². The van der Waals surface area contributed by atoms with Crippen molar-refractivity contribution in [3.8, 4) is 0 Å². The average Bonchev–Trinajstić information content (AvgIpc) is 2.66. The Morgan fingerprint density at radius 3 is 2.89 bits per heavy atom. The van der Waals surface area contributed by atoms with Crippen molar-refractivity contribution < 1.29 is 14.0 Å². The van der Waals surface area contributed by atoms with Gasteiger partial charge in [0.15, 0.2) is 0 Å². The number of thioether (sulfide) groups is 1. The van der Waals surface area contributed by atoms with Crippen molar-refractivity contribution in [1.82, 2.24) is 5.32 Å². The Hall–Kier alpha value is -2.05. The standard InChI is InChI=1S/C20H20ClFN2O2S/c1-2-3-9-23-20(26)13-7-8-18-17(10-13)24(19(25)12-27-18)11-14-15(21)5-4-6-16(14)22/h4-8,10H,2-3,9,11-12H2,1H3,(H,23,26). The molecule has 3 rings (SSSR count). The molecule has 0 bridgehead atoms. The summed E-state index contributed by atoms with van der Waals surface area (Å²) in [5.74, 6) is -0.516. The molecule has 2 aromatic carbocycles. The molecule has 0 aliphatic carbocycles. The van der Waals surface area contributed by atoms with Crippen LogP contribution in [0, 0.1) is 5.82 Å². The van der Waals surface area contributed by atoms with Gasteiger partial charge in [-0.25, -0.2) is 4.39 Å². The molecule has 0 fully saturated rings. The summed E-state index contributed by atoms with van der Waals surface area (Å²) in [6.45, 7) is 2.69. The summed E-state index contributed by atoms with van der Waals surface area (Å²) < 4.78 is 14.2. The maximum absolute atomic E-state index is 14.2. The Morgan fingerprint density at radius 2 is 2.15 bits per heavy atom. The van der Waals surface area contributed by atoms with Gasteiger partial charge in [0, 0.05) is 27.6 Å². The van der Waals surface area contributed by atoms with E-state index < -0.39 is 5.82 Å². The van der Waals surface area contributed by atoms with Crippen molar-refractivity contribution in [2.45, 2.75) is 31.2 Å². The van der Waals surface area contributed by atoms with Crippen molar-refractivity contribution >= 4 is 40.9 Å². The van der Waals surface area contributed by atoms with Crippen LogP contribution in [-0.4, -0.2) is 24.1 Å². The molecule has 4 nitrogen and oxygen atoms in total. The third-order valence-electron chi connectivity index (χ3n) is 4.36. The molecule has 2 amide bonds. The van der Waals surface area contributed by atoms with Crippen LogP contribution in [0.25, 0.3) is 0 Å². The van der Waals surface area contributed by atoms with Crippen LogP contribution in [0.2, 0.25) is 5.02 Å². The number of hydrogen-bond donors (Lipinski definition) is 1. The van der Waals surface area contributed by atoms with E-state index in [0.717, 1.165) is 17.7 Å². The number of amides is 2. The lowest BCUT2D eigenvalue weighted by Gasteiger charge is -2.30. The summed E-state index contributed by atoms with van der Waals surface area (Å²) in [6.07, 6.45) is 1.90. The van der Waals surface area contributed by atoms with Gasteiger partial charge in [0.25, 0.3) is 5.91 Å². The van der Waals surface area contributed by atoms with Crippen molar-refractivity contribution in [3.05, 3.63) is 58.4 Å². The lowest BCUT2D eigenvalue weighted by Crippen LogP contribution is -2.35. The first-order valence-electron chi connectivity index (χ1n) is 8.79. The van der Waals surface area contributed by atoms with E-state index in [1.807, 2.05) is 6.07 Å². The number of fused-ring (bicyclic) bond motifs is 1. The van der Waals surface area contributed by atoms with Gasteiger partial charge in [-0.2, -0.15) is 0 Å². The highest BCUT2D eigenvalue weighted by Gasteiger charge is 2.27. The minimum atomic E-state index is -0.455. The van der Waals surface area contributed by atoms with Gasteiger partial charge in [0.1, 0.15) is 5.82 Å².